The number of hydrogen-bond acceptors (Lipinski definition) is 4. The molecule has 0 bridgehead atoms. The van der Waals surface area contributed by atoms with E-state index in [-0.39, 0.29) is 11.4 Å². The number of fused-ring (bicyclic) bond motifs is 1. The Kier molecular flexibility index (Phi) is 4.94. The molecule has 3 aromatic carbocycles. The number of halogens is 1. The molecule has 0 unspecified atom stereocenters. The van der Waals surface area contributed by atoms with Crippen molar-refractivity contribution >= 4 is 34.7 Å². The maximum absolute atomic E-state index is 13.4. The van der Waals surface area contributed by atoms with Gasteiger partial charge in [-0.25, -0.2) is 9.55 Å². The Morgan fingerprint density at radius 2 is 1.61 bits per heavy atom. The first-order chi connectivity index (χ1) is 15.2. The second-order valence-corrected chi connectivity index (χ2v) is 7.37. The lowest BCUT2D eigenvalue weighted by atomic mass is 10.1. The Balaban J connectivity index is 1.70. The highest BCUT2D eigenvalue weighted by atomic mass is 35.5. The molecule has 0 aliphatic heterocycles. The van der Waals surface area contributed by atoms with E-state index in [1.807, 2.05) is 66.7 Å². The van der Waals surface area contributed by atoms with Crippen molar-refractivity contribution in [1.82, 2.24) is 14.7 Å². The fourth-order valence-electron chi connectivity index (χ4n) is 3.35. The van der Waals surface area contributed by atoms with E-state index < -0.39 is 0 Å². The Hall–Kier alpha value is -3.96. The third kappa shape index (κ3) is 3.79. The van der Waals surface area contributed by atoms with Crippen LogP contribution >= 0.6 is 11.6 Å². The molecule has 0 atom stereocenters. The molecule has 0 radical (unpaired) electrons. The van der Waals surface area contributed by atoms with Gasteiger partial charge in [0, 0.05) is 16.7 Å². The van der Waals surface area contributed by atoms with Gasteiger partial charge in [-0.2, -0.15) is 0 Å². The van der Waals surface area contributed by atoms with Crippen molar-refractivity contribution in [3.63, 3.8) is 0 Å². The van der Waals surface area contributed by atoms with Crippen LogP contribution in [0.4, 0.5) is 0 Å². The van der Waals surface area contributed by atoms with Crippen LogP contribution < -0.4 is 5.56 Å². The van der Waals surface area contributed by atoms with E-state index in [1.165, 1.54) is 4.57 Å². The zero-order valence-corrected chi connectivity index (χ0v) is 17.0. The monoisotopic (exact) mass is 425 g/mol. The van der Waals surface area contributed by atoms with Gasteiger partial charge in [-0.05, 0) is 29.8 Å². The maximum Gasteiger partial charge on any atom is 0.268 e. The minimum absolute atomic E-state index is 0.282. The largest absolute Gasteiger partial charge is 0.337 e. The highest BCUT2D eigenvalue weighted by Crippen LogP contribution is 2.23. The molecule has 2 heterocycles. The molecule has 0 saturated carbocycles. The van der Waals surface area contributed by atoms with Gasteiger partial charge in [0.15, 0.2) is 0 Å². The first kappa shape index (κ1) is 19.0. The SMILES string of the molecule is O=c1c2cc(Cl)ccc2nc(/C=C/c2ccccc2)n1-c1cc(-c2ccccc2)no1. The Bertz CT molecular complexity index is 1460. The van der Waals surface area contributed by atoms with Crippen molar-refractivity contribution in [3.8, 4) is 17.1 Å². The summed E-state index contributed by atoms with van der Waals surface area (Å²) in [6, 6.07) is 26.2. The standard InChI is InChI=1S/C25H16ClN3O2/c26-19-12-13-21-20(15-19)25(30)29(23(27-21)14-11-17-7-3-1-4-8-17)24-16-22(28-31-24)18-9-5-2-6-10-18/h1-16H/b14-11+. The molecule has 2 aromatic heterocycles. The average molecular weight is 426 g/mol. The molecule has 6 heteroatoms. The molecular weight excluding hydrogens is 410 g/mol. The van der Waals surface area contributed by atoms with E-state index in [0.29, 0.717) is 27.4 Å². The minimum atomic E-state index is -0.282. The van der Waals surface area contributed by atoms with Crippen LogP contribution in [0.2, 0.25) is 5.02 Å². The van der Waals surface area contributed by atoms with Crippen LogP contribution in [0.1, 0.15) is 11.4 Å². The molecule has 0 spiro atoms. The van der Waals surface area contributed by atoms with Gasteiger partial charge in [0.05, 0.1) is 10.9 Å². The molecular formula is C25H16ClN3O2. The van der Waals surface area contributed by atoms with E-state index in [4.69, 9.17) is 16.1 Å². The maximum atomic E-state index is 13.4. The van der Waals surface area contributed by atoms with Crippen LogP contribution in [-0.2, 0) is 0 Å². The summed E-state index contributed by atoms with van der Waals surface area (Å²) in [5, 5.41) is 5.02. The molecule has 0 saturated heterocycles. The zero-order chi connectivity index (χ0) is 21.2. The van der Waals surface area contributed by atoms with Gasteiger partial charge in [0.2, 0.25) is 5.88 Å². The van der Waals surface area contributed by atoms with Gasteiger partial charge < -0.3 is 4.52 Å². The highest BCUT2D eigenvalue weighted by molar-refractivity contribution is 6.31. The molecule has 0 N–H and O–H groups in total. The third-order valence-corrected chi connectivity index (χ3v) is 5.10. The number of rotatable bonds is 4. The van der Waals surface area contributed by atoms with Crippen molar-refractivity contribution in [1.29, 1.82) is 0 Å². The summed E-state index contributed by atoms with van der Waals surface area (Å²) in [5.41, 5.74) is 2.79. The van der Waals surface area contributed by atoms with Crippen molar-refractivity contribution in [2.24, 2.45) is 0 Å². The molecule has 31 heavy (non-hydrogen) atoms. The molecule has 0 amide bonds. The topological polar surface area (TPSA) is 60.9 Å². The number of nitrogens with zero attached hydrogens (tertiary/aromatic N) is 3. The van der Waals surface area contributed by atoms with Crippen LogP contribution in [0.25, 0.3) is 40.2 Å². The smallest absolute Gasteiger partial charge is 0.268 e. The Morgan fingerprint density at radius 1 is 0.871 bits per heavy atom. The van der Waals surface area contributed by atoms with Gasteiger partial charge in [-0.15, -0.1) is 0 Å². The van der Waals surface area contributed by atoms with Crippen LogP contribution in [0.3, 0.4) is 0 Å². The summed E-state index contributed by atoms with van der Waals surface area (Å²) >= 11 is 6.13. The van der Waals surface area contributed by atoms with Crippen LogP contribution in [0.5, 0.6) is 0 Å². The van der Waals surface area contributed by atoms with Crippen molar-refractivity contribution < 1.29 is 4.52 Å². The van der Waals surface area contributed by atoms with Gasteiger partial charge in [-0.1, -0.05) is 83.5 Å². The first-order valence-corrected chi connectivity index (χ1v) is 10.0. The van der Waals surface area contributed by atoms with Gasteiger partial charge >= 0.3 is 0 Å². The molecule has 150 valence electrons. The van der Waals surface area contributed by atoms with E-state index in [1.54, 1.807) is 30.3 Å². The predicted octanol–water partition coefficient (Wildman–Crippen LogP) is 5.86. The van der Waals surface area contributed by atoms with Crippen molar-refractivity contribution in [2.75, 3.05) is 0 Å². The highest BCUT2D eigenvalue weighted by Gasteiger charge is 2.16. The summed E-state index contributed by atoms with van der Waals surface area (Å²) < 4.78 is 6.98. The lowest BCUT2D eigenvalue weighted by molar-refractivity contribution is 0.405. The zero-order valence-electron chi connectivity index (χ0n) is 16.3. The molecule has 5 rings (SSSR count). The van der Waals surface area contributed by atoms with E-state index >= 15 is 0 Å². The first-order valence-electron chi connectivity index (χ1n) is 9.67. The van der Waals surface area contributed by atoms with Gasteiger partial charge in [0.1, 0.15) is 11.5 Å². The summed E-state index contributed by atoms with van der Waals surface area (Å²) in [6.07, 6.45) is 3.68. The van der Waals surface area contributed by atoms with Crippen molar-refractivity contribution in [3.05, 3.63) is 112 Å². The Labute approximate surface area is 182 Å². The summed E-state index contributed by atoms with van der Waals surface area (Å²) in [6.45, 7) is 0. The Morgan fingerprint density at radius 3 is 2.39 bits per heavy atom. The third-order valence-electron chi connectivity index (χ3n) is 4.87. The van der Waals surface area contributed by atoms with Crippen molar-refractivity contribution in [2.45, 2.75) is 0 Å². The molecule has 0 aliphatic carbocycles. The average Bonchev–Trinajstić information content (AvgIpc) is 3.29. The van der Waals surface area contributed by atoms with Gasteiger partial charge in [0.25, 0.3) is 5.56 Å². The molecule has 0 fully saturated rings. The number of hydrogen-bond donors (Lipinski definition) is 0. The molecule has 5 aromatic rings. The molecule has 0 aliphatic rings. The minimum Gasteiger partial charge on any atom is -0.337 e. The summed E-state index contributed by atoms with van der Waals surface area (Å²) in [7, 11) is 0. The lowest BCUT2D eigenvalue weighted by Gasteiger charge is -2.08. The second kappa shape index (κ2) is 8.05. The van der Waals surface area contributed by atoms with E-state index in [2.05, 4.69) is 10.1 Å². The van der Waals surface area contributed by atoms with Gasteiger partial charge in [-0.3, -0.25) is 4.79 Å². The lowest BCUT2D eigenvalue weighted by Crippen LogP contribution is -2.22. The fourth-order valence-corrected chi connectivity index (χ4v) is 3.52. The summed E-state index contributed by atoms with van der Waals surface area (Å²) in [5.74, 6) is 0.713. The van der Waals surface area contributed by atoms with Crippen LogP contribution in [-0.4, -0.2) is 14.7 Å². The normalized spacial score (nSPS) is 11.4. The number of benzene rings is 3. The number of aromatic nitrogens is 3. The quantitative estimate of drug-likeness (QED) is 0.361. The van der Waals surface area contributed by atoms with Crippen LogP contribution in [0, 0.1) is 0 Å². The van der Waals surface area contributed by atoms with Crippen LogP contribution in [0.15, 0.2) is 94.2 Å². The predicted molar refractivity (Wildman–Crippen MR) is 123 cm³/mol. The fraction of sp³-hybridized carbons (Fsp3) is 0. The summed E-state index contributed by atoms with van der Waals surface area (Å²) in [4.78, 5) is 18.1. The van der Waals surface area contributed by atoms with E-state index in [0.717, 1.165) is 11.1 Å². The second-order valence-electron chi connectivity index (χ2n) is 6.93. The van der Waals surface area contributed by atoms with E-state index in [9.17, 15) is 4.79 Å². The molecule has 5 nitrogen and oxygen atoms in total.